The highest BCUT2D eigenvalue weighted by molar-refractivity contribution is 5.73. The largest absolute Gasteiger partial charge is 0.363 e. The molecule has 2 aromatic rings. The average molecular weight is 246 g/mol. The Hall–Kier alpha value is -1.58. The van der Waals surface area contributed by atoms with Crippen molar-refractivity contribution < 1.29 is 0 Å². The van der Waals surface area contributed by atoms with E-state index in [1.54, 1.807) is 0 Å². The number of aromatic nitrogens is 3. The minimum absolute atomic E-state index is 0.335. The molecule has 2 aromatic heterocycles. The maximum absolute atomic E-state index is 4.57. The minimum Gasteiger partial charge on any atom is -0.363 e. The summed E-state index contributed by atoms with van der Waals surface area (Å²) in [5, 5.41) is 0. The van der Waals surface area contributed by atoms with Gasteiger partial charge in [-0.05, 0) is 24.0 Å². The first-order valence-corrected chi connectivity index (χ1v) is 6.38. The number of H-pyrrole nitrogens is 1. The number of fused-ring (bicyclic) bond motifs is 1. The Labute approximate surface area is 108 Å². The van der Waals surface area contributed by atoms with E-state index in [4.69, 9.17) is 0 Å². The highest BCUT2D eigenvalue weighted by Crippen LogP contribution is 2.22. The van der Waals surface area contributed by atoms with E-state index in [0.29, 0.717) is 5.41 Å². The van der Waals surface area contributed by atoms with Gasteiger partial charge in [0.15, 0.2) is 5.65 Å². The number of aromatic amines is 1. The molecule has 0 saturated carbocycles. The summed E-state index contributed by atoms with van der Waals surface area (Å²) in [6.45, 7) is 6.74. The number of nitrogens with one attached hydrogen (secondary N) is 1. The minimum atomic E-state index is 0.335. The fraction of sp³-hybridized carbons (Fsp3) is 0.571. The Morgan fingerprint density at radius 1 is 1.17 bits per heavy atom. The van der Waals surface area contributed by atoms with Gasteiger partial charge in [-0.25, -0.2) is 9.97 Å². The van der Waals surface area contributed by atoms with Crippen molar-refractivity contribution in [1.82, 2.24) is 15.0 Å². The second kappa shape index (κ2) is 4.59. The molecule has 0 unspecified atom stereocenters. The first-order valence-electron chi connectivity index (χ1n) is 6.38. The molecule has 0 aromatic carbocycles. The summed E-state index contributed by atoms with van der Waals surface area (Å²) in [6, 6.07) is 4.05. The van der Waals surface area contributed by atoms with Gasteiger partial charge >= 0.3 is 0 Å². The lowest BCUT2D eigenvalue weighted by Crippen LogP contribution is -2.10. The highest BCUT2D eigenvalue weighted by atomic mass is 15.1. The summed E-state index contributed by atoms with van der Waals surface area (Å²) in [4.78, 5) is 14.4. The van der Waals surface area contributed by atoms with Crippen molar-refractivity contribution in [3.05, 3.63) is 18.0 Å². The molecule has 0 amide bonds. The first kappa shape index (κ1) is 12.9. The van der Waals surface area contributed by atoms with E-state index in [9.17, 15) is 0 Å². The molecule has 0 fully saturated rings. The maximum atomic E-state index is 4.57. The standard InChI is InChI=1S/C14H22N4/c1-14(2,3)9-8-11-15-10-6-7-12(18(4)5)17-13(10)16-11/h6-7H,8-9H2,1-5H3,(H,15,16,17). The van der Waals surface area contributed by atoms with Gasteiger partial charge in [-0.15, -0.1) is 0 Å². The second-order valence-electron chi connectivity index (χ2n) is 6.18. The van der Waals surface area contributed by atoms with Crippen LogP contribution in [0.25, 0.3) is 11.2 Å². The molecule has 98 valence electrons. The zero-order valence-electron chi connectivity index (χ0n) is 11.9. The summed E-state index contributed by atoms with van der Waals surface area (Å²) in [5.41, 5.74) is 2.16. The molecule has 0 aliphatic carbocycles. The molecule has 1 N–H and O–H groups in total. The third kappa shape index (κ3) is 3.00. The zero-order valence-corrected chi connectivity index (χ0v) is 11.9. The quantitative estimate of drug-likeness (QED) is 0.905. The van der Waals surface area contributed by atoms with Gasteiger partial charge in [0.05, 0.1) is 5.52 Å². The third-order valence-corrected chi connectivity index (χ3v) is 2.95. The molecule has 4 nitrogen and oxygen atoms in total. The van der Waals surface area contributed by atoms with Gasteiger partial charge in [-0.1, -0.05) is 20.8 Å². The Kier molecular flexibility index (Phi) is 3.28. The summed E-state index contributed by atoms with van der Waals surface area (Å²) < 4.78 is 0. The number of anilines is 1. The molecule has 18 heavy (non-hydrogen) atoms. The Bertz CT molecular complexity index is 534. The number of nitrogens with zero attached hydrogens (tertiary/aromatic N) is 3. The van der Waals surface area contributed by atoms with Gasteiger partial charge < -0.3 is 9.88 Å². The van der Waals surface area contributed by atoms with Crippen LogP contribution in [0.5, 0.6) is 0 Å². The van der Waals surface area contributed by atoms with Crippen molar-refractivity contribution in [3.8, 4) is 0 Å². The highest BCUT2D eigenvalue weighted by Gasteiger charge is 2.12. The van der Waals surface area contributed by atoms with Crippen molar-refractivity contribution in [2.75, 3.05) is 19.0 Å². The van der Waals surface area contributed by atoms with E-state index in [1.165, 1.54) is 0 Å². The van der Waals surface area contributed by atoms with Gasteiger partial charge in [0.1, 0.15) is 11.6 Å². The smallest absolute Gasteiger partial charge is 0.179 e. The molecular formula is C14H22N4. The van der Waals surface area contributed by atoms with Gasteiger partial charge in [0, 0.05) is 20.5 Å². The van der Waals surface area contributed by atoms with Crippen LogP contribution in [0.3, 0.4) is 0 Å². The summed E-state index contributed by atoms with van der Waals surface area (Å²) in [6.07, 6.45) is 2.09. The van der Waals surface area contributed by atoms with Crippen LogP contribution in [-0.2, 0) is 6.42 Å². The maximum Gasteiger partial charge on any atom is 0.179 e. The van der Waals surface area contributed by atoms with E-state index in [0.717, 1.165) is 35.6 Å². The second-order valence-corrected chi connectivity index (χ2v) is 6.18. The summed E-state index contributed by atoms with van der Waals surface area (Å²) in [7, 11) is 3.97. The molecule has 0 spiro atoms. The van der Waals surface area contributed by atoms with Crippen molar-refractivity contribution in [1.29, 1.82) is 0 Å². The molecule has 4 heteroatoms. The van der Waals surface area contributed by atoms with E-state index in [-0.39, 0.29) is 0 Å². The predicted octanol–water partition coefficient (Wildman–Crippen LogP) is 3.00. The van der Waals surface area contributed by atoms with Crippen LogP contribution < -0.4 is 4.90 Å². The molecule has 0 radical (unpaired) electrons. The number of hydrogen-bond donors (Lipinski definition) is 1. The monoisotopic (exact) mass is 246 g/mol. The molecule has 2 rings (SSSR count). The fourth-order valence-electron chi connectivity index (χ4n) is 1.79. The fourth-order valence-corrected chi connectivity index (χ4v) is 1.79. The first-order chi connectivity index (χ1) is 8.35. The predicted molar refractivity (Wildman–Crippen MR) is 76.0 cm³/mol. The van der Waals surface area contributed by atoms with Gasteiger partial charge in [0.25, 0.3) is 0 Å². The molecular weight excluding hydrogens is 224 g/mol. The average Bonchev–Trinajstić information content (AvgIpc) is 2.66. The SMILES string of the molecule is CN(C)c1ccc2[nH]c(CCC(C)(C)C)nc2n1. The van der Waals surface area contributed by atoms with Crippen molar-refractivity contribution in [3.63, 3.8) is 0 Å². The van der Waals surface area contributed by atoms with Crippen LogP contribution in [0, 0.1) is 5.41 Å². The lowest BCUT2D eigenvalue weighted by Gasteiger charge is -2.16. The van der Waals surface area contributed by atoms with E-state index < -0.39 is 0 Å². The lowest BCUT2D eigenvalue weighted by atomic mass is 9.90. The Balaban J connectivity index is 2.22. The molecule has 2 heterocycles. The van der Waals surface area contributed by atoms with Crippen LogP contribution in [0.1, 0.15) is 33.0 Å². The summed E-state index contributed by atoms with van der Waals surface area (Å²) >= 11 is 0. The topological polar surface area (TPSA) is 44.8 Å². The number of imidazole rings is 1. The van der Waals surface area contributed by atoms with Crippen molar-refractivity contribution in [2.45, 2.75) is 33.6 Å². The number of pyridine rings is 1. The third-order valence-electron chi connectivity index (χ3n) is 2.95. The Morgan fingerprint density at radius 3 is 2.50 bits per heavy atom. The van der Waals surface area contributed by atoms with Crippen molar-refractivity contribution >= 4 is 17.0 Å². The zero-order chi connectivity index (χ0) is 13.3. The van der Waals surface area contributed by atoms with E-state index in [1.807, 2.05) is 31.1 Å². The van der Waals surface area contributed by atoms with Crippen molar-refractivity contribution in [2.24, 2.45) is 5.41 Å². The molecule has 0 saturated heterocycles. The summed E-state index contributed by atoms with van der Waals surface area (Å²) in [5.74, 6) is 1.97. The van der Waals surface area contributed by atoms with E-state index in [2.05, 4.69) is 35.7 Å². The van der Waals surface area contributed by atoms with Gasteiger partial charge in [0.2, 0.25) is 0 Å². The van der Waals surface area contributed by atoms with Crippen LogP contribution >= 0.6 is 0 Å². The normalized spacial score (nSPS) is 12.1. The molecule has 0 bridgehead atoms. The lowest BCUT2D eigenvalue weighted by molar-refractivity contribution is 0.375. The van der Waals surface area contributed by atoms with Crippen LogP contribution in [0.15, 0.2) is 12.1 Å². The number of aryl methyl sites for hydroxylation is 1. The molecule has 0 aliphatic heterocycles. The van der Waals surface area contributed by atoms with Crippen LogP contribution in [-0.4, -0.2) is 29.0 Å². The number of hydrogen-bond acceptors (Lipinski definition) is 3. The number of rotatable bonds is 3. The molecule has 0 atom stereocenters. The van der Waals surface area contributed by atoms with Gasteiger partial charge in [-0.2, -0.15) is 0 Å². The van der Waals surface area contributed by atoms with Crippen LogP contribution in [0.4, 0.5) is 5.82 Å². The van der Waals surface area contributed by atoms with Crippen LogP contribution in [0.2, 0.25) is 0 Å². The van der Waals surface area contributed by atoms with E-state index >= 15 is 0 Å². The molecule has 0 aliphatic rings. The van der Waals surface area contributed by atoms with Gasteiger partial charge in [-0.3, -0.25) is 0 Å². The Morgan fingerprint density at radius 2 is 1.89 bits per heavy atom.